The summed E-state index contributed by atoms with van der Waals surface area (Å²) < 4.78 is 5.32. The summed E-state index contributed by atoms with van der Waals surface area (Å²) in [6.07, 6.45) is 0. The van der Waals surface area contributed by atoms with Crippen molar-refractivity contribution in [3.05, 3.63) is 48.0 Å². The van der Waals surface area contributed by atoms with Gasteiger partial charge >= 0.3 is 0 Å². The first-order valence-electron chi connectivity index (χ1n) is 6.63. The van der Waals surface area contributed by atoms with E-state index in [1.807, 2.05) is 30.3 Å². The fourth-order valence-corrected chi connectivity index (χ4v) is 1.99. The molecule has 0 atom stereocenters. The van der Waals surface area contributed by atoms with Gasteiger partial charge in [0.25, 0.3) is 0 Å². The quantitative estimate of drug-likeness (QED) is 0.738. The third kappa shape index (κ3) is 3.89. The number of hydrogen-bond donors (Lipinski definition) is 3. The summed E-state index contributed by atoms with van der Waals surface area (Å²) in [5.74, 6) is 0.471. The molecule has 0 aliphatic heterocycles. The molecule has 5 heteroatoms. The minimum Gasteiger partial charge on any atom is -0.495 e. The van der Waals surface area contributed by atoms with Gasteiger partial charge in [-0.05, 0) is 11.6 Å². The number of carbonyl (C=O) groups excluding carboxylic acids is 1. The number of anilines is 3. The van der Waals surface area contributed by atoms with Crippen LogP contribution in [-0.4, -0.2) is 13.0 Å². The van der Waals surface area contributed by atoms with Gasteiger partial charge in [-0.2, -0.15) is 0 Å². The van der Waals surface area contributed by atoms with Gasteiger partial charge in [0.05, 0.1) is 24.2 Å². The molecule has 5 nitrogen and oxygen atoms in total. The Kier molecular flexibility index (Phi) is 4.66. The Morgan fingerprint density at radius 3 is 2.52 bits per heavy atom. The van der Waals surface area contributed by atoms with Crippen LogP contribution >= 0.6 is 0 Å². The van der Waals surface area contributed by atoms with Crippen LogP contribution in [0.1, 0.15) is 12.5 Å². The molecule has 0 aliphatic rings. The van der Waals surface area contributed by atoms with Crippen LogP contribution in [0.2, 0.25) is 0 Å². The minimum atomic E-state index is -0.166. The highest BCUT2D eigenvalue weighted by Gasteiger charge is 2.09. The fourth-order valence-electron chi connectivity index (χ4n) is 1.99. The summed E-state index contributed by atoms with van der Waals surface area (Å²) in [5.41, 5.74) is 8.86. The van der Waals surface area contributed by atoms with Crippen LogP contribution in [0, 0.1) is 0 Å². The van der Waals surface area contributed by atoms with Gasteiger partial charge in [0.15, 0.2) is 0 Å². The number of hydrogen-bond acceptors (Lipinski definition) is 4. The molecule has 0 spiro atoms. The summed E-state index contributed by atoms with van der Waals surface area (Å²) in [6.45, 7) is 2.10. The SMILES string of the molecule is COc1cc(N)c(NC(C)=O)cc1NCc1ccccc1. The molecule has 0 fully saturated rings. The number of rotatable bonds is 5. The maximum atomic E-state index is 11.2. The van der Waals surface area contributed by atoms with E-state index in [9.17, 15) is 4.79 Å². The summed E-state index contributed by atoms with van der Waals surface area (Å²) >= 11 is 0. The molecule has 0 bridgehead atoms. The molecule has 0 aliphatic carbocycles. The molecule has 0 heterocycles. The van der Waals surface area contributed by atoms with Crippen LogP contribution < -0.4 is 21.1 Å². The minimum absolute atomic E-state index is 0.166. The zero-order chi connectivity index (χ0) is 15.2. The van der Waals surface area contributed by atoms with Gasteiger partial charge in [-0.1, -0.05) is 30.3 Å². The molecular weight excluding hydrogens is 266 g/mol. The van der Waals surface area contributed by atoms with E-state index in [4.69, 9.17) is 10.5 Å². The average molecular weight is 285 g/mol. The van der Waals surface area contributed by atoms with Crippen molar-refractivity contribution in [2.45, 2.75) is 13.5 Å². The Hall–Kier alpha value is -2.69. The third-order valence-electron chi connectivity index (χ3n) is 3.01. The van der Waals surface area contributed by atoms with Crippen molar-refractivity contribution in [2.75, 3.05) is 23.5 Å². The van der Waals surface area contributed by atoms with E-state index in [2.05, 4.69) is 10.6 Å². The lowest BCUT2D eigenvalue weighted by Gasteiger charge is -2.15. The standard InChI is InChI=1S/C16H19N3O2/c1-11(20)19-14-9-15(16(21-2)8-13(14)17)18-10-12-6-4-3-5-7-12/h3-9,18H,10,17H2,1-2H3,(H,19,20). The van der Waals surface area contributed by atoms with E-state index in [1.165, 1.54) is 6.92 Å². The normalized spacial score (nSPS) is 10.0. The molecule has 0 saturated carbocycles. The number of amides is 1. The summed E-state index contributed by atoms with van der Waals surface area (Å²) in [4.78, 5) is 11.2. The summed E-state index contributed by atoms with van der Waals surface area (Å²) in [6, 6.07) is 13.5. The van der Waals surface area contributed by atoms with Crippen molar-refractivity contribution in [3.8, 4) is 5.75 Å². The lowest BCUT2D eigenvalue weighted by molar-refractivity contribution is -0.114. The van der Waals surface area contributed by atoms with Gasteiger partial charge in [0, 0.05) is 19.5 Å². The first-order valence-corrected chi connectivity index (χ1v) is 6.63. The van der Waals surface area contributed by atoms with Crippen LogP contribution in [0.5, 0.6) is 5.75 Å². The monoisotopic (exact) mass is 285 g/mol. The molecule has 21 heavy (non-hydrogen) atoms. The largest absolute Gasteiger partial charge is 0.495 e. The maximum absolute atomic E-state index is 11.2. The lowest BCUT2D eigenvalue weighted by Crippen LogP contribution is -2.09. The van der Waals surface area contributed by atoms with Gasteiger partial charge < -0.3 is 21.1 Å². The van der Waals surface area contributed by atoms with E-state index in [-0.39, 0.29) is 5.91 Å². The number of nitrogens with one attached hydrogen (secondary N) is 2. The van der Waals surface area contributed by atoms with Crippen LogP contribution in [0.3, 0.4) is 0 Å². The van der Waals surface area contributed by atoms with Crippen LogP contribution in [0.4, 0.5) is 17.1 Å². The van der Waals surface area contributed by atoms with Crippen molar-refractivity contribution < 1.29 is 9.53 Å². The fraction of sp³-hybridized carbons (Fsp3) is 0.188. The second kappa shape index (κ2) is 6.65. The Bertz CT molecular complexity index is 627. The zero-order valence-electron chi connectivity index (χ0n) is 12.1. The van der Waals surface area contributed by atoms with E-state index in [0.717, 1.165) is 11.3 Å². The predicted molar refractivity (Wildman–Crippen MR) is 85.5 cm³/mol. The van der Waals surface area contributed by atoms with E-state index in [1.54, 1.807) is 19.2 Å². The smallest absolute Gasteiger partial charge is 0.221 e. The van der Waals surface area contributed by atoms with Crippen LogP contribution in [0.25, 0.3) is 0 Å². The molecular formula is C16H19N3O2. The number of carbonyl (C=O) groups is 1. The van der Waals surface area contributed by atoms with Gasteiger partial charge in [-0.25, -0.2) is 0 Å². The highest BCUT2D eigenvalue weighted by atomic mass is 16.5. The first kappa shape index (κ1) is 14.7. The van der Waals surface area contributed by atoms with Crippen LogP contribution in [-0.2, 0) is 11.3 Å². The molecule has 0 radical (unpaired) electrons. The Labute approximate surface area is 124 Å². The Morgan fingerprint density at radius 1 is 1.19 bits per heavy atom. The number of methoxy groups -OCH3 is 1. The van der Waals surface area contributed by atoms with E-state index >= 15 is 0 Å². The average Bonchev–Trinajstić information content (AvgIpc) is 2.48. The highest BCUT2D eigenvalue weighted by molar-refractivity contribution is 5.93. The number of nitrogen functional groups attached to an aromatic ring is 1. The topological polar surface area (TPSA) is 76.4 Å². The van der Waals surface area contributed by atoms with Crippen molar-refractivity contribution in [3.63, 3.8) is 0 Å². The Morgan fingerprint density at radius 2 is 1.90 bits per heavy atom. The molecule has 0 saturated heterocycles. The van der Waals surface area contributed by atoms with Gasteiger partial charge in [0.1, 0.15) is 5.75 Å². The van der Waals surface area contributed by atoms with Gasteiger partial charge in [-0.3, -0.25) is 4.79 Å². The zero-order valence-corrected chi connectivity index (χ0v) is 12.1. The Balaban J connectivity index is 2.22. The van der Waals surface area contributed by atoms with Crippen molar-refractivity contribution >= 4 is 23.0 Å². The highest BCUT2D eigenvalue weighted by Crippen LogP contribution is 2.33. The summed E-state index contributed by atoms with van der Waals surface area (Å²) in [7, 11) is 1.58. The first-order chi connectivity index (χ1) is 10.1. The molecule has 2 aromatic rings. The molecule has 2 aromatic carbocycles. The molecule has 1 amide bonds. The van der Waals surface area contributed by atoms with E-state index < -0.39 is 0 Å². The lowest BCUT2D eigenvalue weighted by atomic mass is 10.2. The van der Waals surface area contributed by atoms with Crippen LogP contribution in [0.15, 0.2) is 42.5 Å². The van der Waals surface area contributed by atoms with E-state index in [0.29, 0.717) is 23.7 Å². The molecule has 4 N–H and O–H groups in total. The predicted octanol–water partition coefficient (Wildman–Crippen LogP) is 2.85. The van der Waals surface area contributed by atoms with Gasteiger partial charge in [0.2, 0.25) is 5.91 Å². The second-order valence-electron chi connectivity index (χ2n) is 4.66. The molecule has 2 rings (SSSR count). The van der Waals surface area contributed by atoms with Gasteiger partial charge in [-0.15, -0.1) is 0 Å². The second-order valence-corrected chi connectivity index (χ2v) is 4.66. The number of ether oxygens (including phenoxy) is 1. The van der Waals surface area contributed by atoms with Crippen molar-refractivity contribution in [2.24, 2.45) is 0 Å². The molecule has 0 unspecified atom stereocenters. The van der Waals surface area contributed by atoms with Crippen molar-refractivity contribution in [1.29, 1.82) is 0 Å². The number of nitrogens with two attached hydrogens (primary N) is 1. The summed E-state index contributed by atoms with van der Waals surface area (Å²) in [5, 5.41) is 5.99. The molecule has 110 valence electrons. The maximum Gasteiger partial charge on any atom is 0.221 e. The van der Waals surface area contributed by atoms with Crippen molar-refractivity contribution in [1.82, 2.24) is 0 Å². The number of benzene rings is 2. The molecule has 0 aromatic heterocycles. The third-order valence-corrected chi connectivity index (χ3v) is 3.01.